The molecule has 178 valence electrons. The van der Waals surface area contributed by atoms with Crippen molar-refractivity contribution in [2.75, 3.05) is 7.11 Å². The first kappa shape index (κ1) is 22.2. The average molecular weight is 496 g/mol. The van der Waals surface area contributed by atoms with Crippen molar-refractivity contribution in [3.05, 3.63) is 105 Å². The number of hydrogen-bond donors (Lipinski definition) is 0. The summed E-state index contributed by atoms with van der Waals surface area (Å²) in [4.78, 5) is 35.6. The van der Waals surface area contributed by atoms with Crippen LogP contribution in [0.5, 0.6) is 5.75 Å². The summed E-state index contributed by atoms with van der Waals surface area (Å²) < 4.78 is 12.4. The molecule has 0 saturated heterocycles. The predicted octanol–water partition coefficient (Wildman–Crippen LogP) is 5.16. The van der Waals surface area contributed by atoms with E-state index in [1.807, 2.05) is 48.5 Å². The highest BCUT2D eigenvalue weighted by atomic mass is 32.1. The standard InChI is InChI=1S/C28H21N3O4S/c1-34-20-9-6-17(7-10-20)14-18-8-11-22-25(21-4-2-3-5-23(21)30-26(18)22)27(33)35-16-19-15-24(32)31-12-13-36-28(31)29-19/h2-7,9-10,12-15H,8,11,16H2,1H3. The number of esters is 1. The Balaban J connectivity index is 1.36. The second kappa shape index (κ2) is 9.05. The Bertz CT molecular complexity index is 1720. The molecule has 0 atom stereocenters. The summed E-state index contributed by atoms with van der Waals surface area (Å²) in [7, 11) is 1.64. The van der Waals surface area contributed by atoms with Crippen LogP contribution in [0.15, 0.2) is 71.0 Å². The van der Waals surface area contributed by atoms with Gasteiger partial charge in [0.2, 0.25) is 0 Å². The number of carbonyl (C=O) groups is 1. The number of pyridine rings is 1. The number of fused-ring (bicyclic) bond motifs is 3. The van der Waals surface area contributed by atoms with Crippen LogP contribution in [0, 0.1) is 0 Å². The molecule has 0 spiro atoms. The van der Waals surface area contributed by atoms with E-state index < -0.39 is 5.97 Å². The Morgan fingerprint density at radius 1 is 1.11 bits per heavy atom. The Hall–Kier alpha value is -4.30. The molecule has 0 saturated carbocycles. The summed E-state index contributed by atoms with van der Waals surface area (Å²) in [6, 6.07) is 16.8. The van der Waals surface area contributed by atoms with Crippen molar-refractivity contribution < 1.29 is 14.3 Å². The SMILES string of the molecule is COc1ccc(C=C2CCc3c2nc2ccccc2c3C(=O)OCc2cc(=O)n3ccsc3n2)cc1. The van der Waals surface area contributed by atoms with Crippen LogP contribution in [0.4, 0.5) is 0 Å². The van der Waals surface area contributed by atoms with E-state index in [2.05, 4.69) is 11.1 Å². The monoisotopic (exact) mass is 495 g/mol. The lowest BCUT2D eigenvalue weighted by atomic mass is 10.0. The number of thiazole rings is 1. The zero-order valence-corrected chi connectivity index (χ0v) is 20.2. The maximum absolute atomic E-state index is 13.4. The van der Waals surface area contributed by atoms with Crippen molar-refractivity contribution in [1.29, 1.82) is 0 Å². The first-order chi connectivity index (χ1) is 17.6. The highest BCUT2D eigenvalue weighted by Crippen LogP contribution is 2.38. The van der Waals surface area contributed by atoms with Crippen molar-refractivity contribution in [1.82, 2.24) is 14.4 Å². The van der Waals surface area contributed by atoms with Crippen LogP contribution in [0.25, 0.3) is 27.5 Å². The van der Waals surface area contributed by atoms with E-state index in [1.165, 1.54) is 21.8 Å². The molecule has 0 radical (unpaired) electrons. The van der Waals surface area contributed by atoms with Gasteiger partial charge in [0, 0.05) is 23.0 Å². The fraction of sp³-hybridized carbons (Fsp3) is 0.143. The Morgan fingerprint density at radius 2 is 1.94 bits per heavy atom. The van der Waals surface area contributed by atoms with Crippen molar-refractivity contribution in [3.63, 3.8) is 0 Å². The summed E-state index contributed by atoms with van der Waals surface area (Å²) >= 11 is 1.36. The minimum absolute atomic E-state index is 0.0809. The molecule has 0 unspecified atom stereocenters. The van der Waals surface area contributed by atoms with Gasteiger partial charge in [0.05, 0.1) is 29.6 Å². The molecule has 36 heavy (non-hydrogen) atoms. The molecule has 3 heterocycles. The molecular formula is C28H21N3O4S. The molecule has 2 aromatic carbocycles. The number of hydrogen-bond acceptors (Lipinski definition) is 7. The molecule has 0 fully saturated rings. The summed E-state index contributed by atoms with van der Waals surface area (Å²) in [6.45, 7) is -0.0809. The van der Waals surface area contributed by atoms with Crippen LogP contribution >= 0.6 is 11.3 Å². The minimum Gasteiger partial charge on any atom is -0.497 e. The predicted molar refractivity (Wildman–Crippen MR) is 139 cm³/mol. The van der Waals surface area contributed by atoms with Crippen LogP contribution in [0.2, 0.25) is 0 Å². The molecule has 1 aliphatic carbocycles. The van der Waals surface area contributed by atoms with Crippen molar-refractivity contribution >= 4 is 44.8 Å². The third-order valence-electron chi connectivity index (χ3n) is 6.31. The lowest BCUT2D eigenvalue weighted by Crippen LogP contribution is -2.15. The molecule has 0 amide bonds. The molecule has 6 rings (SSSR count). The molecule has 3 aromatic heterocycles. The van der Waals surface area contributed by atoms with Crippen molar-refractivity contribution in [2.45, 2.75) is 19.4 Å². The molecule has 0 bridgehead atoms. The maximum Gasteiger partial charge on any atom is 0.339 e. The van der Waals surface area contributed by atoms with Gasteiger partial charge >= 0.3 is 5.97 Å². The van der Waals surface area contributed by atoms with Gasteiger partial charge in [-0.2, -0.15) is 0 Å². The number of methoxy groups -OCH3 is 1. The number of rotatable bonds is 5. The summed E-state index contributed by atoms with van der Waals surface area (Å²) in [6.07, 6.45) is 5.25. The maximum atomic E-state index is 13.4. The van der Waals surface area contributed by atoms with Gasteiger partial charge in [-0.3, -0.25) is 9.20 Å². The van der Waals surface area contributed by atoms with Gasteiger partial charge in [0.1, 0.15) is 12.4 Å². The number of allylic oxidation sites excluding steroid dienone is 1. The number of benzene rings is 2. The third-order valence-corrected chi connectivity index (χ3v) is 7.07. The van der Waals surface area contributed by atoms with Crippen molar-refractivity contribution in [3.8, 4) is 5.75 Å². The Morgan fingerprint density at radius 3 is 2.78 bits per heavy atom. The minimum atomic E-state index is -0.441. The fourth-order valence-electron chi connectivity index (χ4n) is 4.59. The number of aromatic nitrogens is 3. The van der Waals surface area contributed by atoms with Crippen LogP contribution in [-0.4, -0.2) is 27.4 Å². The smallest absolute Gasteiger partial charge is 0.339 e. The molecular weight excluding hydrogens is 474 g/mol. The van der Waals surface area contributed by atoms with Crippen LogP contribution < -0.4 is 10.3 Å². The van der Waals surface area contributed by atoms with Crippen LogP contribution in [0.1, 0.15) is 39.3 Å². The zero-order valence-electron chi connectivity index (χ0n) is 19.4. The average Bonchev–Trinajstić information content (AvgIpc) is 3.54. The van der Waals surface area contributed by atoms with E-state index in [-0.39, 0.29) is 12.2 Å². The van der Waals surface area contributed by atoms with Gasteiger partial charge in [-0.05, 0) is 53.8 Å². The largest absolute Gasteiger partial charge is 0.497 e. The highest BCUT2D eigenvalue weighted by molar-refractivity contribution is 7.15. The number of nitrogens with zero attached hydrogens (tertiary/aromatic N) is 3. The third kappa shape index (κ3) is 3.95. The molecule has 0 N–H and O–H groups in total. The highest BCUT2D eigenvalue weighted by Gasteiger charge is 2.27. The van der Waals surface area contributed by atoms with E-state index >= 15 is 0 Å². The molecule has 8 heteroatoms. The normalized spacial score (nSPS) is 13.9. The van der Waals surface area contributed by atoms with Crippen molar-refractivity contribution in [2.24, 2.45) is 0 Å². The zero-order chi connectivity index (χ0) is 24.6. The Kier molecular flexibility index (Phi) is 5.58. The lowest BCUT2D eigenvalue weighted by molar-refractivity contribution is 0.0469. The molecule has 7 nitrogen and oxygen atoms in total. The summed E-state index contributed by atoms with van der Waals surface area (Å²) in [5, 5.41) is 2.55. The number of carbonyl (C=O) groups excluding carboxylic acids is 1. The summed E-state index contributed by atoms with van der Waals surface area (Å²) in [5.74, 6) is 0.359. The van der Waals surface area contributed by atoms with Crippen LogP contribution in [0.3, 0.4) is 0 Å². The number of ether oxygens (including phenoxy) is 2. The number of para-hydroxylation sites is 1. The van der Waals surface area contributed by atoms with Gasteiger partial charge in [0.15, 0.2) is 4.96 Å². The lowest BCUT2D eigenvalue weighted by Gasteiger charge is -2.12. The van der Waals surface area contributed by atoms with Crippen LogP contribution in [-0.2, 0) is 17.8 Å². The second-order valence-corrected chi connectivity index (χ2v) is 9.36. The van der Waals surface area contributed by atoms with E-state index in [0.717, 1.165) is 45.5 Å². The molecule has 5 aromatic rings. The Labute approximate surface area is 210 Å². The van der Waals surface area contributed by atoms with Gasteiger partial charge < -0.3 is 9.47 Å². The first-order valence-electron chi connectivity index (χ1n) is 11.5. The van der Waals surface area contributed by atoms with Gasteiger partial charge in [0.25, 0.3) is 5.56 Å². The molecule has 0 aliphatic heterocycles. The first-order valence-corrected chi connectivity index (χ1v) is 12.4. The van der Waals surface area contributed by atoms with E-state index in [1.54, 1.807) is 18.7 Å². The quantitative estimate of drug-likeness (QED) is 0.314. The van der Waals surface area contributed by atoms with E-state index in [0.29, 0.717) is 22.6 Å². The second-order valence-electron chi connectivity index (χ2n) is 8.49. The molecule has 1 aliphatic rings. The van der Waals surface area contributed by atoms with E-state index in [9.17, 15) is 9.59 Å². The van der Waals surface area contributed by atoms with Gasteiger partial charge in [-0.1, -0.05) is 30.3 Å². The van der Waals surface area contributed by atoms with Gasteiger partial charge in [-0.15, -0.1) is 11.3 Å². The van der Waals surface area contributed by atoms with Gasteiger partial charge in [-0.25, -0.2) is 14.8 Å². The van der Waals surface area contributed by atoms with E-state index in [4.69, 9.17) is 14.5 Å². The fourth-order valence-corrected chi connectivity index (χ4v) is 5.33. The topological polar surface area (TPSA) is 82.8 Å². The summed E-state index contributed by atoms with van der Waals surface area (Å²) in [5.41, 5.74) is 5.33.